The van der Waals surface area contributed by atoms with Crippen molar-refractivity contribution in [2.75, 3.05) is 5.32 Å². The molecule has 1 aliphatic rings. The van der Waals surface area contributed by atoms with Crippen LogP contribution in [0.25, 0.3) is 0 Å². The Morgan fingerprint density at radius 1 is 1.25 bits per heavy atom. The summed E-state index contributed by atoms with van der Waals surface area (Å²) in [5.41, 5.74) is 0. The first-order chi connectivity index (χ1) is 7.66. The highest BCUT2D eigenvalue weighted by Crippen LogP contribution is 2.30. The van der Waals surface area contributed by atoms with Crippen molar-refractivity contribution in [2.45, 2.75) is 39.2 Å². The first-order valence-corrected chi connectivity index (χ1v) is 6.43. The maximum atomic E-state index is 5.88. The average Bonchev–Trinajstić information content (AvgIpc) is 2.24. The van der Waals surface area contributed by atoms with Crippen molar-refractivity contribution < 1.29 is 0 Å². The number of hydrogen-bond acceptors (Lipinski definition) is 2. The van der Waals surface area contributed by atoms with Gasteiger partial charge in [0, 0.05) is 6.04 Å². The van der Waals surface area contributed by atoms with Gasteiger partial charge in [-0.25, -0.2) is 4.98 Å². The van der Waals surface area contributed by atoms with Gasteiger partial charge in [-0.1, -0.05) is 37.9 Å². The molecule has 1 heterocycles. The van der Waals surface area contributed by atoms with E-state index in [1.807, 2.05) is 12.1 Å². The number of anilines is 1. The Hall–Kier alpha value is -0.760. The molecule has 2 atom stereocenters. The standard InChI is InChI=1S/C13H19ClN2/c1-9-5-3-6-10(2)13(9)16-12-8-4-7-11(14)15-12/h4,7-10,13H,3,5-6H2,1-2H3,(H,15,16). The molecule has 0 radical (unpaired) electrons. The van der Waals surface area contributed by atoms with Gasteiger partial charge in [-0.15, -0.1) is 0 Å². The van der Waals surface area contributed by atoms with E-state index in [0.717, 1.165) is 5.82 Å². The van der Waals surface area contributed by atoms with Crippen LogP contribution in [0.4, 0.5) is 5.82 Å². The lowest BCUT2D eigenvalue weighted by atomic mass is 9.79. The molecule has 1 N–H and O–H groups in total. The minimum atomic E-state index is 0.528. The summed E-state index contributed by atoms with van der Waals surface area (Å²) >= 11 is 5.88. The van der Waals surface area contributed by atoms with Crippen LogP contribution in [0.15, 0.2) is 18.2 Å². The van der Waals surface area contributed by atoms with E-state index in [1.165, 1.54) is 19.3 Å². The van der Waals surface area contributed by atoms with Crippen LogP contribution in [0.3, 0.4) is 0 Å². The molecule has 2 unspecified atom stereocenters. The van der Waals surface area contributed by atoms with Gasteiger partial charge in [0.25, 0.3) is 0 Å². The van der Waals surface area contributed by atoms with Gasteiger partial charge in [0.05, 0.1) is 0 Å². The van der Waals surface area contributed by atoms with Crippen molar-refractivity contribution in [2.24, 2.45) is 11.8 Å². The van der Waals surface area contributed by atoms with Gasteiger partial charge in [-0.3, -0.25) is 0 Å². The molecule has 1 saturated carbocycles. The zero-order valence-electron chi connectivity index (χ0n) is 9.91. The number of halogens is 1. The van der Waals surface area contributed by atoms with Crippen molar-refractivity contribution in [3.63, 3.8) is 0 Å². The molecule has 3 heteroatoms. The first-order valence-electron chi connectivity index (χ1n) is 6.06. The minimum Gasteiger partial charge on any atom is -0.367 e. The summed E-state index contributed by atoms with van der Waals surface area (Å²) in [7, 11) is 0. The van der Waals surface area contributed by atoms with E-state index in [0.29, 0.717) is 23.0 Å². The number of pyridine rings is 1. The van der Waals surface area contributed by atoms with Crippen LogP contribution in [0.5, 0.6) is 0 Å². The van der Waals surface area contributed by atoms with Gasteiger partial charge >= 0.3 is 0 Å². The highest BCUT2D eigenvalue weighted by molar-refractivity contribution is 6.29. The molecule has 0 bridgehead atoms. The van der Waals surface area contributed by atoms with Gasteiger partial charge in [-0.05, 0) is 36.8 Å². The van der Waals surface area contributed by atoms with Crippen LogP contribution < -0.4 is 5.32 Å². The third-order valence-corrected chi connectivity index (χ3v) is 3.79. The molecule has 0 amide bonds. The fourth-order valence-corrected chi connectivity index (χ4v) is 2.79. The number of nitrogens with one attached hydrogen (secondary N) is 1. The van der Waals surface area contributed by atoms with Gasteiger partial charge < -0.3 is 5.32 Å². The molecule has 1 aromatic heterocycles. The maximum Gasteiger partial charge on any atom is 0.131 e. The molecule has 0 saturated heterocycles. The lowest BCUT2D eigenvalue weighted by molar-refractivity contribution is 0.267. The topological polar surface area (TPSA) is 24.9 Å². The van der Waals surface area contributed by atoms with Gasteiger partial charge in [-0.2, -0.15) is 0 Å². The summed E-state index contributed by atoms with van der Waals surface area (Å²) in [4.78, 5) is 4.29. The van der Waals surface area contributed by atoms with Gasteiger partial charge in [0.2, 0.25) is 0 Å². The van der Waals surface area contributed by atoms with E-state index >= 15 is 0 Å². The highest BCUT2D eigenvalue weighted by Gasteiger charge is 2.27. The van der Waals surface area contributed by atoms with E-state index in [4.69, 9.17) is 11.6 Å². The molecule has 0 aromatic carbocycles. The molecule has 2 rings (SSSR count). The molecular weight excluding hydrogens is 220 g/mol. The number of hydrogen-bond donors (Lipinski definition) is 1. The van der Waals surface area contributed by atoms with Crippen LogP contribution in [-0.4, -0.2) is 11.0 Å². The van der Waals surface area contributed by atoms with Crippen molar-refractivity contribution in [1.82, 2.24) is 4.98 Å². The summed E-state index contributed by atoms with van der Waals surface area (Å²) in [6.45, 7) is 4.63. The molecular formula is C13H19ClN2. The average molecular weight is 239 g/mol. The number of nitrogens with zero attached hydrogens (tertiary/aromatic N) is 1. The Balaban J connectivity index is 2.07. The summed E-state index contributed by atoms with van der Waals surface area (Å²) < 4.78 is 0. The molecule has 1 aliphatic carbocycles. The summed E-state index contributed by atoms with van der Waals surface area (Å²) in [5.74, 6) is 2.33. The Kier molecular flexibility index (Phi) is 3.70. The van der Waals surface area contributed by atoms with Crippen molar-refractivity contribution >= 4 is 17.4 Å². The van der Waals surface area contributed by atoms with Crippen LogP contribution in [-0.2, 0) is 0 Å². The molecule has 1 aromatic rings. The fraction of sp³-hybridized carbons (Fsp3) is 0.615. The van der Waals surface area contributed by atoms with Crippen LogP contribution in [0.2, 0.25) is 5.15 Å². The summed E-state index contributed by atoms with van der Waals surface area (Å²) in [6.07, 6.45) is 3.97. The van der Waals surface area contributed by atoms with Crippen molar-refractivity contribution in [3.8, 4) is 0 Å². The maximum absolute atomic E-state index is 5.88. The molecule has 0 spiro atoms. The zero-order chi connectivity index (χ0) is 11.5. The summed E-state index contributed by atoms with van der Waals surface area (Å²) in [6, 6.07) is 6.26. The normalized spacial score (nSPS) is 30.1. The SMILES string of the molecule is CC1CCCC(C)C1Nc1cccc(Cl)n1. The second-order valence-electron chi connectivity index (χ2n) is 4.90. The summed E-state index contributed by atoms with van der Waals surface area (Å²) in [5, 5.41) is 4.08. The van der Waals surface area contributed by atoms with Crippen molar-refractivity contribution in [1.29, 1.82) is 0 Å². The molecule has 16 heavy (non-hydrogen) atoms. The molecule has 88 valence electrons. The smallest absolute Gasteiger partial charge is 0.131 e. The van der Waals surface area contributed by atoms with Gasteiger partial charge in [0.1, 0.15) is 11.0 Å². The zero-order valence-corrected chi connectivity index (χ0v) is 10.7. The van der Waals surface area contributed by atoms with Gasteiger partial charge in [0.15, 0.2) is 0 Å². The Morgan fingerprint density at radius 2 is 1.94 bits per heavy atom. The predicted molar refractivity (Wildman–Crippen MR) is 68.8 cm³/mol. The molecule has 2 nitrogen and oxygen atoms in total. The van der Waals surface area contributed by atoms with E-state index in [9.17, 15) is 0 Å². The number of aromatic nitrogens is 1. The first kappa shape index (κ1) is 11.7. The third-order valence-electron chi connectivity index (χ3n) is 3.57. The predicted octanol–water partition coefficient (Wildman–Crippen LogP) is 3.97. The fourth-order valence-electron chi connectivity index (χ4n) is 2.63. The van der Waals surface area contributed by atoms with E-state index < -0.39 is 0 Å². The monoisotopic (exact) mass is 238 g/mol. The number of rotatable bonds is 2. The van der Waals surface area contributed by atoms with Crippen LogP contribution >= 0.6 is 11.6 Å². The lowest BCUT2D eigenvalue weighted by Crippen LogP contribution is -2.37. The van der Waals surface area contributed by atoms with Crippen LogP contribution in [0, 0.1) is 11.8 Å². The largest absolute Gasteiger partial charge is 0.367 e. The van der Waals surface area contributed by atoms with E-state index in [-0.39, 0.29) is 0 Å². The second-order valence-corrected chi connectivity index (χ2v) is 5.29. The Bertz CT molecular complexity index is 344. The quantitative estimate of drug-likeness (QED) is 0.789. The van der Waals surface area contributed by atoms with Crippen LogP contribution in [0.1, 0.15) is 33.1 Å². The lowest BCUT2D eigenvalue weighted by Gasteiger charge is -2.35. The van der Waals surface area contributed by atoms with Crippen molar-refractivity contribution in [3.05, 3.63) is 23.4 Å². The minimum absolute atomic E-state index is 0.528. The molecule has 0 aliphatic heterocycles. The Labute approximate surface area is 102 Å². The highest BCUT2D eigenvalue weighted by atomic mass is 35.5. The Morgan fingerprint density at radius 3 is 2.56 bits per heavy atom. The van der Waals surface area contributed by atoms with E-state index in [2.05, 4.69) is 24.1 Å². The molecule has 1 fully saturated rings. The van der Waals surface area contributed by atoms with E-state index in [1.54, 1.807) is 6.07 Å². The second kappa shape index (κ2) is 5.05. The third kappa shape index (κ3) is 2.67.